The molecule has 6 heteroatoms. The van der Waals surface area contributed by atoms with E-state index in [2.05, 4.69) is 5.43 Å². The van der Waals surface area contributed by atoms with Gasteiger partial charge in [0, 0.05) is 0 Å². The first-order chi connectivity index (χ1) is 6.16. The van der Waals surface area contributed by atoms with Crippen molar-refractivity contribution in [1.29, 1.82) is 0 Å². The predicted molar refractivity (Wildman–Crippen MR) is 50.5 cm³/mol. The van der Waals surface area contributed by atoms with Crippen molar-refractivity contribution >= 4 is 13.0 Å². The van der Waals surface area contributed by atoms with Gasteiger partial charge in [-0.3, -0.25) is 10.2 Å². The van der Waals surface area contributed by atoms with Crippen LogP contribution in [-0.4, -0.2) is 35.4 Å². The largest absolute Gasteiger partial charge is 0.437 e. The highest BCUT2D eigenvalue weighted by Crippen LogP contribution is 2.17. The first-order valence-electron chi connectivity index (χ1n) is 4.61. The highest BCUT2D eigenvalue weighted by molar-refractivity contribution is 6.45. The van der Waals surface area contributed by atoms with E-state index in [1.807, 2.05) is 0 Å². The van der Waals surface area contributed by atoms with Gasteiger partial charge in [-0.2, -0.15) is 0 Å². The summed E-state index contributed by atoms with van der Waals surface area (Å²) in [5.41, 5.74) is 2.13. The topological polar surface area (TPSA) is 78.6 Å². The van der Waals surface area contributed by atoms with Crippen LogP contribution in [0.1, 0.15) is 19.3 Å². The number of carbonyl (C=O) groups excluding carboxylic acids is 1. The number of hydrogen-bond acceptors (Lipinski definition) is 4. The van der Waals surface area contributed by atoms with Gasteiger partial charge in [-0.1, -0.05) is 6.42 Å². The van der Waals surface area contributed by atoms with Crippen LogP contribution in [-0.2, 0) is 4.79 Å². The lowest BCUT2D eigenvalue weighted by atomic mass is 9.79. The summed E-state index contributed by atoms with van der Waals surface area (Å²) in [5, 5.41) is 9.40. The molecule has 0 aromatic rings. The van der Waals surface area contributed by atoms with Gasteiger partial charge in [-0.05, 0) is 26.2 Å². The predicted octanol–water partition coefficient (Wildman–Crippen LogP) is -1.06. The number of rotatable bonds is 2. The van der Waals surface area contributed by atoms with E-state index in [1.165, 1.54) is 0 Å². The van der Waals surface area contributed by atoms with E-state index in [1.54, 1.807) is 11.6 Å². The van der Waals surface area contributed by atoms with E-state index < -0.39 is 7.05 Å². The lowest BCUT2D eigenvalue weighted by Crippen LogP contribution is -2.55. The molecule has 1 heterocycles. The summed E-state index contributed by atoms with van der Waals surface area (Å²) >= 11 is 0. The molecule has 1 unspecified atom stereocenters. The third-order valence-electron chi connectivity index (χ3n) is 2.47. The molecule has 13 heavy (non-hydrogen) atoms. The number of nitrogens with one attached hydrogen (secondary N) is 1. The zero-order valence-corrected chi connectivity index (χ0v) is 7.86. The number of hydrazine groups is 1. The normalized spacial score (nSPS) is 24.1. The summed E-state index contributed by atoms with van der Waals surface area (Å²) < 4.78 is 0. The fraction of sp³-hybridized carbons (Fsp3) is 0.857. The second kappa shape index (κ2) is 4.60. The van der Waals surface area contributed by atoms with Gasteiger partial charge in [-0.15, -0.1) is 0 Å². The number of hydrogen-bond donors (Lipinski definition) is 3. The molecule has 5 nitrogen and oxygen atoms in total. The lowest BCUT2D eigenvalue weighted by Gasteiger charge is -2.34. The average Bonchev–Trinajstić information content (AvgIpc) is 2.16. The minimum Gasteiger partial charge on any atom is -0.437 e. The van der Waals surface area contributed by atoms with Crippen LogP contribution in [0.15, 0.2) is 0 Å². The summed E-state index contributed by atoms with van der Waals surface area (Å²) in [5.74, 6) is 4.85. The summed E-state index contributed by atoms with van der Waals surface area (Å²) in [4.78, 5) is 13.1. The molecule has 1 rings (SSSR count). The third-order valence-corrected chi connectivity index (χ3v) is 2.47. The van der Waals surface area contributed by atoms with Gasteiger partial charge in [0.2, 0.25) is 5.91 Å². The maximum atomic E-state index is 11.3. The Hall–Kier alpha value is -0.585. The number of amides is 1. The molecule has 0 aliphatic carbocycles. The van der Waals surface area contributed by atoms with Crippen LogP contribution < -0.4 is 11.3 Å². The molecule has 0 bridgehead atoms. The Balaban J connectivity index is 2.61. The van der Waals surface area contributed by atoms with Crippen LogP contribution in [0.2, 0.25) is 6.82 Å². The highest BCUT2D eigenvalue weighted by atomic mass is 16.2. The Kier molecular flexibility index (Phi) is 3.71. The molecular formula is C7H16BN3O2. The molecule has 0 radical (unpaired) electrons. The molecule has 0 aromatic heterocycles. The fourth-order valence-corrected chi connectivity index (χ4v) is 1.78. The first-order valence-corrected chi connectivity index (χ1v) is 4.61. The molecular weight excluding hydrogens is 169 g/mol. The van der Waals surface area contributed by atoms with Crippen LogP contribution >= 0.6 is 0 Å². The molecule has 1 aliphatic heterocycles. The third kappa shape index (κ3) is 2.43. The van der Waals surface area contributed by atoms with Crippen molar-refractivity contribution in [3.8, 4) is 0 Å². The Morgan fingerprint density at radius 2 is 2.38 bits per heavy atom. The molecule has 1 saturated heterocycles. The zero-order valence-electron chi connectivity index (χ0n) is 7.86. The summed E-state index contributed by atoms with van der Waals surface area (Å²) in [6.45, 7) is 2.43. The van der Waals surface area contributed by atoms with Gasteiger partial charge < -0.3 is 9.83 Å². The maximum absolute atomic E-state index is 11.3. The smallest absolute Gasteiger partial charge is 0.377 e. The summed E-state index contributed by atoms with van der Waals surface area (Å²) in [6, 6.07) is -0.265. The molecule has 0 spiro atoms. The van der Waals surface area contributed by atoms with E-state index >= 15 is 0 Å². The van der Waals surface area contributed by atoms with E-state index in [9.17, 15) is 9.82 Å². The molecule has 1 atom stereocenters. The van der Waals surface area contributed by atoms with Crippen molar-refractivity contribution < 1.29 is 9.82 Å². The molecule has 74 valence electrons. The van der Waals surface area contributed by atoms with Crippen molar-refractivity contribution in [2.45, 2.75) is 32.1 Å². The van der Waals surface area contributed by atoms with E-state index in [-0.39, 0.29) is 11.9 Å². The van der Waals surface area contributed by atoms with Crippen molar-refractivity contribution in [3.05, 3.63) is 0 Å². The molecule has 0 saturated carbocycles. The average molecular weight is 185 g/mol. The van der Waals surface area contributed by atoms with E-state index in [4.69, 9.17) is 5.84 Å². The van der Waals surface area contributed by atoms with Gasteiger partial charge in [0.1, 0.15) is 0 Å². The van der Waals surface area contributed by atoms with E-state index in [0.717, 1.165) is 25.8 Å². The number of carbonyl (C=O) groups is 1. The Morgan fingerprint density at radius 3 is 2.92 bits per heavy atom. The molecule has 1 fully saturated rings. The van der Waals surface area contributed by atoms with Gasteiger partial charge in [0.25, 0.3) is 0 Å². The minimum absolute atomic E-state index is 0.208. The van der Waals surface area contributed by atoms with Crippen LogP contribution in [0.4, 0.5) is 0 Å². The molecule has 4 N–H and O–H groups in total. The highest BCUT2D eigenvalue weighted by Gasteiger charge is 2.32. The fourth-order valence-electron chi connectivity index (χ4n) is 1.78. The van der Waals surface area contributed by atoms with Crippen molar-refractivity contribution in [3.63, 3.8) is 0 Å². The summed E-state index contributed by atoms with van der Waals surface area (Å²) in [7, 11) is -0.581. The standard InChI is InChI=1S/C7H16BN3O2/c1-8(13)11-5-3-2-4-6(11)7(12)10-9/h6,13H,2-5,9H2,1H3,(H,10,12). The Bertz CT molecular complexity index is 189. The Morgan fingerprint density at radius 1 is 1.69 bits per heavy atom. The number of nitrogens with two attached hydrogens (primary N) is 1. The molecule has 1 aliphatic rings. The van der Waals surface area contributed by atoms with E-state index in [0.29, 0.717) is 0 Å². The first kappa shape index (κ1) is 10.5. The van der Waals surface area contributed by atoms with Gasteiger partial charge in [0.15, 0.2) is 0 Å². The van der Waals surface area contributed by atoms with Crippen LogP contribution in [0, 0.1) is 0 Å². The second-order valence-corrected chi connectivity index (χ2v) is 3.39. The SMILES string of the molecule is CB(O)N1CCCCC1C(=O)NN. The number of piperidine rings is 1. The van der Waals surface area contributed by atoms with Crippen molar-refractivity contribution in [2.75, 3.05) is 6.54 Å². The van der Waals surface area contributed by atoms with Gasteiger partial charge >= 0.3 is 7.05 Å². The monoisotopic (exact) mass is 185 g/mol. The van der Waals surface area contributed by atoms with Gasteiger partial charge in [0.05, 0.1) is 6.04 Å². The number of nitrogens with zero attached hydrogens (tertiary/aromatic N) is 1. The van der Waals surface area contributed by atoms with Crippen LogP contribution in [0.3, 0.4) is 0 Å². The van der Waals surface area contributed by atoms with Crippen molar-refractivity contribution in [2.24, 2.45) is 5.84 Å². The van der Waals surface area contributed by atoms with Crippen molar-refractivity contribution in [1.82, 2.24) is 10.2 Å². The zero-order chi connectivity index (χ0) is 9.84. The maximum Gasteiger partial charge on any atom is 0.377 e. The van der Waals surface area contributed by atoms with Crippen LogP contribution in [0.5, 0.6) is 0 Å². The molecule has 1 amide bonds. The molecule has 0 aromatic carbocycles. The minimum atomic E-state index is -0.581. The Labute approximate surface area is 78.4 Å². The lowest BCUT2D eigenvalue weighted by molar-refractivity contribution is -0.126. The second-order valence-electron chi connectivity index (χ2n) is 3.39. The van der Waals surface area contributed by atoms with Gasteiger partial charge in [-0.25, -0.2) is 5.84 Å². The quantitative estimate of drug-likeness (QED) is 0.222. The summed E-state index contributed by atoms with van der Waals surface area (Å²) in [6.07, 6.45) is 2.81. The van der Waals surface area contributed by atoms with Crippen LogP contribution in [0.25, 0.3) is 0 Å².